The van der Waals surface area contributed by atoms with E-state index in [-0.39, 0.29) is 18.4 Å². The van der Waals surface area contributed by atoms with Crippen molar-refractivity contribution in [1.82, 2.24) is 10.2 Å². The average Bonchev–Trinajstić information content (AvgIpc) is 2.95. The molecule has 0 saturated carbocycles. The molecule has 0 aliphatic carbocycles. The van der Waals surface area contributed by atoms with E-state index in [0.29, 0.717) is 42.1 Å². The number of hydrogen-bond acceptors (Lipinski definition) is 3. The lowest BCUT2D eigenvalue weighted by atomic mass is 9.81. The number of nitrogens with zero attached hydrogens (tertiary/aromatic N) is 1. The van der Waals surface area contributed by atoms with Crippen LogP contribution in [0, 0.1) is 0 Å². The summed E-state index contributed by atoms with van der Waals surface area (Å²) in [6.07, 6.45) is -3.76. The first kappa shape index (κ1) is 20.9. The van der Waals surface area contributed by atoms with Gasteiger partial charge in [-0.05, 0) is 56.1 Å². The lowest BCUT2D eigenvalue weighted by Crippen LogP contribution is -2.53. The highest BCUT2D eigenvalue weighted by atomic mass is 35.5. The fourth-order valence-electron chi connectivity index (χ4n) is 4.64. The average molecular weight is 437 g/mol. The number of aryl methyl sites for hydroxylation is 1. The van der Waals surface area contributed by atoms with E-state index in [9.17, 15) is 22.8 Å². The molecule has 1 N–H and O–H groups in total. The van der Waals surface area contributed by atoms with Gasteiger partial charge in [-0.15, -0.1) is 0 Å². The molecule has 2 heterocycles. The predicted molar refractivity (Wildman–Crippen MR) is 106 cm³/mol. The molecule has 158 valence electrons. The van der Waals surface area contributed by atoms with Crippen molar-refractivity contribution in [1.29, 1.82) is 0 Å². The van der Waals surface area contributed by atoms with Gasteiger partial charge in [0.25, 0.3) is 5.91 Å². The SMILES string of the molecule is O=C(CCc1ccccc1C(F)(F)F)N1C(=O)c2cccc(Cl)c2C12CCNCC2. The highest BCUT2D eigenvalue weighted by Crippen LogP contribution is 2.48. The van der Waals surface area contributed by atoms with Crippen LogP contribution in [0.15, 0.2) is 42.5 Å². The highest BCUT2D eigenvalue weighted by molar-refractivity contribution is 6.32. The monoisotopic (exact) mass is 436 g/mol. The molecule has 2 aromatic carbocycles. The van der Waals surface area contributed by atoms with Gasteiger partial charge < -0.3 is 5.32 Å². The summed E-state index contributed by atoms with van der Waals surface area (Å²) in [4.78, 5) is 27.6. The van der Waals surface area contributed by atoms with Crippen LogP contribution in [0.2, 0.25) is 5.02 Å². The second-order valence-electron chi connectivity index (χ2n) is 7.63. The standard InChI is InChI=1S/C22H20ClF3N2O2/c23-17-7-3-5-15-19(17)21(10-12-27-13-11-21)28(20(15)30)18(29)9-8-14-4-1-2-6-16(14)22(24,25)26/h1-7,27H,8-13H2. The van der Waals surface area contributed by atoms with Gasteiger partial charge in [-0.25, -0.2) is 0 Å². The van der Waals surface area contributed by atoms with E-state index in [0.717, 1.165) is 6.07 Å². The van der Waals surface area contributed by atoms with E-state index in [2.05, 4.69) is 5.32 Å². The molecule has 0 unspecified atom stereocenters. The summed E-state index contributed by atoms with van der Waals surface area (Å²) < 4.78 is 39.8. The Balaban J connectivity index is 1.65. The maximum absolute atomic E-state index is 13.3. The van der Waals surface area contributed by atoms with Crippen LogP contribution in [0.1, 0.15) is 46.3 Å². The van der Waals surface area contributed by atoms with Gasteiger partial charge in [-0.1, -0.05) is 35.9 Å². The van der Waals surface area contributed by atoms with Crippen LogP contribution in [-0.4, -0.2) is 29.8 Å². The van der Waals surface area contributed by atoms with E-state index in [1.165, 1.54) is 23.1 Å². The molecule has 30 heavy (non-hydrogen) atoms. The molecular weight excluding hydrogens is 417 g/mol. The van der Waals surface area contributed by atoms with Gasteiger partial charge in [0.15, 0.2) is 0 Å². The van der Waals surface area contributed by atoms with Crippen LogP contribution in [0.25, 0.3) is 0 Å². The van der Waals surface area contributed by atoms with Crippen molar-refractivity contribution in [2.75, 3.05) is 13.1 Å². The zero-order valence-corrected chi connectivity index (χ0v) is 16.8. The van der Waals surface area contributed by atoms with Crippen LogP contribution in [0.3, 0.4) is 0 Å². The maximum atomic E-state index is 13.3. The summed E-state index contributed by atoms with van der Waals surface area (Å²) in [7, 11) is 0. The fourth-order valence-corrected chi connectivity index (χ4v) is 4.99. The molecule has 2 aromatic rings. The van der Waals surface area contributed by atoms with Crippen molar-refractivity contribution in [3.8, 4) is 0 Å². The molecule has 2 aliphatic rings. The Kier molecular flexibility index (Phi) is 5.36. The third kappa shape index (κ3) is 3.40. The highest BCUT2D eigenvalue weighted by Gasteiger charge is 2.53. The normalized spacial score (nSPS) is 18.0. The van der Waals surface area contributed by atoms with Crippen molar-refractivity contribution >= 4 is 23.4 Å². The van der Waals surface area contributed by atoms with Crippen molar-refractivity contribution in [2.24, 2.45) is 0 Å². The topological polar surface area (TPSA) is 49.4 Å². The molecule has 4 rings (SSSR count). The van der Waals surface area contributed by atoms with E-state index in [4.69, 9.17) is 11.6 Å². The molecule has 2 aliphatic heterocycles. The number of carbonyl (C=O) groups is 2. The maximum Gasteiger partial charge on any atom is 0.416 e. The zero-order valence-electron chi connectivity index (χ0n) is 16.1. The molecule has 1 saturated heterocycles. The number of piperidine rings is 1. The third-order valence-electron chi connectivity index (χ3n) is 5.95. The number of halogens is 4. The molecule has 1 fully saturated rings. The minimum Gasteiger partial charge on any atom is -0.317 e. The Labute approximate surface area is 177 Å². The Morgan fingerprint density at radius 2 is 1.80 bits per heavy atom. The lowest BCUT2D eigenvalue weighted by Gasteiger charge is -2.41. The molecule has 8 heteroatoms. The number of rotatable bonds is 3. The number of alkyl halides is 3. The van der Waals surface area contributed by atoms with Crippen LogP contribution >= 0.6 is 11.6 Å². The number of fused-ring (bicyclic) bond motifs is 2. The molecule has 0 atom stereocenters. The third-order valence-corrected chi connectivity index (χ3v) is 6.27. The van der Waals surface area contributed by atoms with Crippen LogP contribution < -0.4 is 5.32 Å². The Morgan fingerprint density at radius 1 is 1.10 bits per heavy atom. The van der Waals surface area contributed by atoms with Gasteiger partial charge in [-0.3, -0.25) is 14.5 Å². The number of nitrogens with one attached hydrogen (secondary N) is 1. The van der Waals surface area contributed by atoms with Gasteiger partial charge in [0.1, 0.15) is 0 Å². The van der Waals surface area contributed by atoms with Crippen molar-refractivity contribution in [3.05, 3.63) is 69.7 Å². The molecule has 2 amide bonds. The first-order chi connectivity index (χ1) is 14.3. The number of carbonyl (C=O) groups excluding carboxylic acids is 2. The van der Waals surface area contributed by atoms with E-state index in [1.54, 1.807) is 18.2 Å². The van der Waals surface area contributed by atoms with E-state index < -0.39 is 29.1 Å². The summed E-state index contributed by atoms with van der Waals surface area (Å²) in [6.45, 7) is 1.22. The molecular formula is C22H20ClF3N2O2. The number of benzene rings is 2. The van der Waals surface area contributed by atoms with Gasteiger partial charge in [-0.2, -0.15) is 13.2 Å². The largest absolute Gasteiger partial charge is 0.416 e. The van der Waals surface area contributed by atoms with Crippen molar-refractivity contribution in [2.45, 2.75) is 37.4 Å². The molecule has 1 spiro atoms. The van der Waals surface area contributed by atoms with Crippen molar-refractivity contribution in [3.63, 3.8) is 0 Å². The summed E-state index contributed by atoms with van der Waals surface area (Å²) in [5, 5.41) is 3.66. The first-order valence-electron chi connectivity index (χ1n) is 9.78. The van der Waals surface area contributed by atoms with Gasteiger partial charge in [0.2, 0.25) is 5.91 Å². The van der Waals surface area contributed by atoms with Gasteiger partial charge in [0, 0.05) is 22.6 Å². The van der Waals surface area contributed by atoms with Crippen molar-refractivity contribution < 1.29 is 22.8 Å². The van der Waals surface area contributed by atoms with E-state index in [1.807, 2.05) is 0 Å². The molecule has 0 aromatic heterocycles. The smallest absolute Gasteiger partial charge is 0.317 e. The van der Waals surface area contributed by atoms with Crippen LogP contribution in [0.4, 0.5) is 13.2 Å². The Hall–Kier alpha value is -2.38. The predicted octanol–water partition coefficient (Wildman–Crippen LogP) is 4.55. The van der Waals surface area contributed by atoms with Gasteiger partial charge in [0.05, 0.1) is 11.1 Å². The quantitative estimate of drug-likeness (QED) is 0.767. The summed E-state index contributed by atoms with van der Waals surface area (Å²) >= 11 is 6.44. The van der Waals surface area contributed by atoms with Crippen LogP contribution in [0.5, 0.6) is 0 Å². The molecule has 0 radical (unpaired) electrons. The Bertz CT molecular complexity index is 1000. The molecule has 4 nitrogen and oxygen atoms in total. The second kappa shape index (κ2) is 7.71. The number of imide groups is 1. The summed E-state index contributed by atoms with van der Waals surface area (Å²) in [6, 6.07) is 10.2. The number of hydrogen-bond donors (Lipinski definition) is 1. The zero-order chi connectivity index (χ0) is 21.5. The Morgan fingerprint density at radius 3 is 2.50 bits per heavy atom. The second-order valence-corrected chi connectivity index (χ2v) is 8.04. The summed E-state index contributed by atoms with van der Waals surface area (Å²) in [5.74, 6) is -0.908. The minimum absolute atomic E-state index is 0.0416. The number of amides is 2. The minimum atomic E-state index is -4.50. The summed E-state index contributed by atoms with van der Waals surface area (Å²) in [5.41, 5.74) is -0.514. The lowest BCUT2D eigenvalue weighted by molar-refractivity contribution is -0.139. The van der Waals surface area contributed by atoms with Crippen LogP contribution in [-0.2, 0) is 22.9 Å². The van der Waals surface area contributed by atoms with Gasteiger partial charge >= 0.3 is 6.18 Å². The first-order valence-corrected chi connectivity index (χ1v) is 10.2. The van der Waals surface area contributed by atoms with E-state index >= 15 is 0 Å². The molecule has 0 bridgehead atoms. The fraction of sp³-hybridized carbons (Fsp3) is 0.364.